The van der Waals surface area contributed by atoms with Gasteiger partial charge in [0.15, 0.2) is 0 Å². The van der Waals surface area contributed by atoms with Gasteiger partial charge in [-0.2, -0.15) is 13.2 Å². The van der Waals surface area contributed by atoms with Crippen LogP contribution in [0.25, 0.3) is 22.1 Å². The molecule has 1 heterocycles. The van der Waals surface area contributed by atoms with Crippen molar-refractivity contribution in [2.24, 2.45) is 22.8 Å². The molecule has 2 atom stereocenters. The van der Waals surface area contributed by atoms with Crippen LogP contribution < -0.4 is 21.8 Å². The van der Waals surface area contributed by atoms with Crippen LogP contribution in [0.1, 0.15) is 53.5 Å². The Hall–Kier alpha value is -3.37. The van der Waals surface area contributed by atoms with Crippen LogP contribution in [0.15, 0.2) is 57.7 Å². The molecular formula is C31H39F3N2O5. The van der Waals surface area contributed by atoms with Gasteiger partial charge in [-0.15, -0.1) is 0 Å². The molecule has 0 aliphatic carbocycles. The summed E-state index contributed by atoms with van der Waals surface area (Å²) in [6.07, 6.45) is -3.89. The number of carbonyl (C=O) groups is 1. The first kappa shape index (κ1) is 32.1. The molecule has 224 valence electrons. The van der Waals surface area contributed by atoms with E-state index in [2.05, 4.69) is 0 Å². The third kappa shape index (κ3) is 7.68. The van der Waals surface area contributed by atoms with E-state index >= 15 is 0 Å². The number of esters is 1. The summed E-state index contributed by atoms with van der Waals surface area (Å²) in [4.78, 5) is 25.8. The molecule has 2 aromatic carbocycles. The molecule has 10 heteroatoms. The van der Waals surface area contributed by atoms with Crippen molar-refractivity contribution in [2.45, 2.75) is 71.6 Å². The number of rotatable bonds is 11. The van der Waals surface area contributed by atoms with Crippen LogP contribution >= 0.6 is 0 Å². The van der Waals surface area contributed by atoms with Crippen LogP contribution in [-0.4, -0.2) is 36.4 Å². The van der Waals surface area contributed by atoms with Crippen LogP contribution in [0.4, 0.5) is 13.2 Å². The Balaban J connectivity index is 1.78. The number of aryl methyl sites for hydroxylation is 1. The summed E-state index contributed by atoms with van der Waals surface area (Å²) < 4.78 is 57.7. The molecule has 0 aliphatic heterocycles. The summed E-state index contributed by atoms with van der Waals surface area (Å²) in [5.41, 5.74) is 10.8. The number of halogens is 3. The van der Waals surface area contributed by atoms with Crippen molar-refractivity contribution in [3.63, 3.8) is 0 Å². The van der Waals surface area contributed by atoms with Crippen molar-refractivity contribution in [1.82, 2.24) is 0 Å². The van der Waals surface area contributed by atoms with E-state index in [1.165, 1.54) is 19.1 Å². The molecule has 4 N–H and O–H groups in total. The molecular weight excluding hydrogens is 537 g/mol. The third-order valence-electron chi connectivity index (χ3n) is 7.41. The number of fused-ring (bicyclic) bond motifs is 1. The Morgan fingerprint density at radius 3 is 2.20 bits per heavy atom. The molecule has 3 rings (SSSR count). The van der Waals surface area contributed by atoms with E-state index < -0.39 is 53.4 Å². The molecule has 7 nitrogen and oxygen atoms in total. The highest BCUT2D eigenvalue weighted by Crippen LogP contribution is 2.38. The van der Waals surface area contributed by atoms with Gasteiger partial charge >= 0.3 is 17.8 Å². The summed E-state index contributed by atoms with van der Waals surface area (Å²) in [5.74, 6) is -2.91. The van der Waals surface area contributed by atoms with Crippen molar-refractivity contribution >= 4 is 16.9 Å². The number of ether oxygens (including phenoxy) is 2. The highest BCUT2D eigenvalue weighted by Gasteiger charge is 2.50. The minimum atomic E-state index is -4.72. The van der Waals surface area contributed by atoms with E-state index in [0.717, 1.165) is 17.5 Å². The van der Waals surface area contributed by atoms with Gasteiger partial charge in [0.05, 0.1) is 11.0 Å². The molecule has 41 heavy (non-hydrogen) atoms. The lowest BCUT2D eigenvalue weighted by Gasteiger charge is -2.43. The summed E-state index contributed by atoms with van der Waals surface area (Å²) in [6.45, 7) is 8.36. The molecule has 0 spiro atoms. The number of carbonyl (C=O) groups excluding carboxylic acids is 1. The zero-order valence-corrected chi connectivity index (χ0v) is 24.4. The maximum absolute atomic E-state index is 13.9. The quantitative estimate of drug-likeness (QED) is 0.213. The number of hydrogen-bond donors (Lipinski definition) is 2. The SMILES string of the molecule is CCc1ccccc1-c1cc2ccc(OCC(COC(=O)C(C)(CC(C)(C)N)C(C)(C)N)C(F)(F)F)cc2oc1=O. The summed E-state index contributed by atoms with van der Waals surface area (Å²) in [7, 11) is 0. The van der Waals surface area contributed by atoms with Crippen LogP contribution in [0.3, 0.4) is 0 Å². The molecule has 0 aliphatic rings. The topological polar surface area (TPSA) is 118 Å². The second kappa shape index (κ2) is 11.9. The van der Waals surface area contributed by atoms with Gasteiger partial charge in [0, 0.05) is 22.5 Å². The zero-order chi connectivity index (χ0) is 30.8. The monoisotopic (exact) mass is 576 g/mol. The van der Waals surface area contributed by atoms with Gasteiger partial charge in [-0.05, 0) is 76.8 Å². The van der Waals surface area contributed by atoms with E-state index in [9.17, 15) is 22.8 Å². The molecule has 2 unspecified atom stereocenters. The largest absolute Gasteiger partial charge is 0.493 e. The lowest BCUT2D eigenvalue weighted by atomic mass is 9.67. The fraction of sp³-hybridized carbons (Fsp3) is 0.484. The van der Waals surface area contributed by atoms with E-state index in [0.29, 0.717) is 10.9 Å². The van der Waals surface area contributed by atoms with E-state index in [-0.39, 0.29) is 17.8 Å². The lowest BCUT2D eigenvalue weighted by molar-refractivity contribution is -0.201. The summed E-state index contributed by atoms with van der Waals surface area (Å²) >= 11 is 0. The number of benzene rings is 2. The van der Waals surface area contributed by atoms with Crippen LogP contribution in [0, 0.1) is 11.3 Å². The predicted octanol–water partition coefficient (Wildman–Crippen LogP) is 5.99. The Bertz CT molecular complexity index is 1440. The highest BCUT2D eigenvalue weighted by molar-refractivity contribution is 5.83. The van der Waals surface area contributed by atoms with Crippen LogP contribution in [0.2, 0.25) is 0 Å². The molecule has 0 amide bonds. The van der Waals surface area contributed by atoms with Crippen molar-refractivity contribution in [1.29, 1.82) is 0 Å². The zero-order valence-electron chi connectivity index (χ0n) is 24.4. The summed E-state index contributed by atoms with van der Waals surface area (Å²) in [5, 5.41) is 0.589. The highest BCUT2D eigenvalue weighted by atomic mass is 19.4. The van der Waals surface area contributed by atoms with E-state index in [1.807, 2.05) is 31.2 Å². The molecule has 1 aromatic heterocycles. The van der Waals surface area contributed by atoms with Gasteiger partial charge in [0.25, 0.3) is 0 Å². The molecule has 0 bridgehead atoms. The normalized spacial score (nSPS) is 14.9. The second-order valence-corrected chi connectivity index (χ2v) is 12.0. The van der Waals surface area contributed by atoms with Gasteiger partial charge in [0.2, 0.25) is 0 Å². The van der Waals surface area contributed by atoms with Crippen LogP contribution in [0.5, 0.6) is 5.75 Å². The Labute approximate surface area is 238 Å². The number of hydrogen-bond acceptors (Lipinski definition) is 7. The predicted molar refractivity (Wildman–Crippen MR) is 153 cm³/mol. The fourth-order valence-corrected chi connectivity index (χ4v) is 4.70. The van der Waals surface area contributed by atoms with Gasteiger partial charge in [-0.1, -0.05) is 31.2 Å². The smallest absolute Gasteiger partial charge is 0.398 e. The maximum atomic E-state index is 13.9. The minimum Gasteiger partial charge on any atom is -0.493 e. The molecule has 0 radical (unpaired) electrons. The Morgan fingerprint density at radius 1 is 0.951 bits per heavy atom. The minimum absolute atomic E-state index is 0.0701. The number of nitrogens with two attached hydrogens (primary N) is 2. The van der Waals surface area contributed by atoms with Crippen molar-refractivity contribution < 1.29 is 31.9 Å². The third-order valence-corrected chi connectivity index (χ3v) is 7.41. The number of alkyl halides is 3. The van der Waals surface area contributed by atoms with Crippen molar-refractivity contribution in [3.05, 3.63) is 64.5 Å². The summed E-state index contributed by atoms with van der Waals surface area (Å²) in [6, 6.07) is 13.7. The standard InChI is InChI=1S/C31H39F3N2O5/c1-7-19-10-8-9-11-23(19)24-14-20-12-13-22(15-25(20)41-26(24)37)39-16-21(31(32,33)34)17-40-27(38)30(6,29(4,5)36)18-28(2,3)35/h8-15,21H,7,16-18,35-36H2,1-6H3. The average molecular weight is 577 g/mol. The van der Waals surface area contributed by atoms with Gasteiger partial charge < -0.3 is 25.4 Å². The second-order valence-electron chi connectivity index (χ2n) is 12.0. The van der Waals surface area contributed by atoms with Crippen molar-refractivity contribution in [2.75, 3.05) is 13.2 Å². The van der Waals surface area contributed by atoms with Gasteiger partial charge in [0.1, 0.15) is 30.5 Å². The van der Waals surface area contributed by atoms with Gasteiger partial charge in [-0.25, -0.2) is 4.79 Å². The molecule has 0 saturated heterocycles. The first-order valence-corrected chi connectivity index (χ1v) is 13.5. The average Bonchev–Trinajstić information content (AvgIpc) is 2.85. The first-order chi connectivity index (χ1) is 18.9. The maximum Gasteiger partial charge on any atom is 0.398 e. The first-order valence-electron chi connectivity index (χ1n) is 13.5. The van der Waals surface area contributed by atoms with Crippen LogP contribution in [-0.2, 0) is 16.0 Å². The fourth-order valence-electron chi connectivity index (χ4n) is 4.70. The Kier molecular flexibility index (Phi) is 9.30. The van der Waals surface area contributed by atoms with Gasteiger partial charge in [-0.3, -0.25) is 4.79 Å². The lowest BCUT2D eigenvalue weighted by Crippen LogP contribution is -2.58. The Morgan fingerprint density at radius 2 is 1.61 bits per heavy atom. The molecule has 0 saturated carbocycles. The molecule has 0 fully saturated rings. The van der Waals surface area contributed by atoms with E-state index in [4.69, 9.17) is 25.4 Å². The van der Waals surface area contributed by atoms with Crippen molar-refractivity contribution in [3.8, 4) is 16.9 Å². The molecule has 3 aromatic rings. The van der Waals surface area contributed by atoms with E-state index in [1.54, 1.807) is 39.8 Å².